The fraction of sp³-hybridized carbons (Fsp3) is 0.333. The number of anilines is 1. The first kappa shape index (κ1) is 18.0. The van der Waals surface area contributed by atoms with Crippen LogP contribution in [0.4, 0.5) is 5.69 Å². The standard InChI is InChI=1S/C21H23ClN4O/c1-14-2-5-17(6-3-14)23-20(27)13-26-10-8-15(9-11-26)21-24-18-7-4-16(22)12-19(18)25-21/h2-7,12,15H,8-11,13H2,1H3,(H,23,27)(H,24,25)/p+1. The van der Waals surface area contributed by atoms with Crippen molar-refractivity contribution in [2.45, 2.75) is 25.7 Å². The molecule has 0 spiro atoms. The first-order valence-electron chi connectivity index (χ1n) is 9.42. The largest absolute Gasteiger partial charge is 0.342 e. The summed E-state index contributed by atoms with van der Waals surface area (Å²) in [7, 11) is 0. The average molecular weight is 384 g/mol. The number of likely N-dealkylation sites (tertiary alicyclic amines) is 1. The fourth-order valence-corrected chi connectivity index (χ4v) is 3.91. The first-order valence-corrected chi connectivity index (χ1v) is 9.80. The van der Waals surface area contributed by atoms with Gasteiger partial charge in [-0.1, -0.05) is 29.3 Å². The molecular weight excluding hydrogens is 360 g/mol. The number of hydrogen-bond acceptors (Lipinski definition) is 2. The average Bonchev–Trinajstić information content (AvgIpc) is 3.07. The summed E-state index contributed by atoms with van der Waals surface area (Å²) in [5, 5.41) is 3.71. The number of carbonyl (C=O) groups excluding carboxylic acids is 1. The molecule has 0 bridgehead atoms. The number of nitrogens with one attached hydrogen (secondary N) is 3. The number of benzene rings is 2. The monoisotopic (exact) mass is 383 g/mol. The van der Waals surface area contributed by atoms with Gasteiger partial charge in [-0.05, 0) is 37.3 Å². The molecule has 0 unspecified atom stereocenters. The molecule has 0 aliphatic carbocycles. The number of H-pyrrole nitrogens is 1. The van der Waals surface area contributed by atoms with Gasteiger partial charge in [-0.25, -0.2) is 4.98 Å². The molecule has 2 heterocycles. The van der Waals surface area contributed by atoms with Crippen LogP contribution in [0.1, 0.15) is 30.1 Å². The summed E-state index contributed by atoms with van der Waals surface area (Å²) >= 11 is 6.06. The highest BCUT2D eigenvalue weighted by Crippen LogP contribution is 2.25. The second kappa shape index (κ2) is 7.71. The minimum atomic E-state index is 0.0747. The molecule has 6 heteroatoms. The van der Waals surface area contributed by atoms with Crippen LogP contribution in [0.2, 0.25) is 5.02 Å². The number of carbonyl (C=O) groups is 1. The zero-order chi connectivity index (χ0) is 18.8. The fourth-order valence-electron chi connectivity index (χ4n) is 3.74. The molecular formula is C21H24ClN4O+. The van der Waals surface area contributed by atoms with Crippen molar-refractivity contribution in [1.29, 1.82) is 0 Å². The van der Waals surface area contributed by atoms with E-state index in [4.69, 9.17) is 16.6 Å². The number of piperidine rings is 1. The molecule has 3 N–H and O–H groups in total. The molecule has 1 saturated heterocycles. The van der Waals surface area contributed by atoms with Crippen LogP contribution < -0.4 is 10.2 Å². The Bertz CT molecular complexity index is 942. The number of quaternary nitrogens is 1. The Kier molecular flexibility index (Phi) is 5.14. The highest BCUT2D eigenvalue weighted by atomic mass is 35.5. The van der Waals surface area contributed by atoms with Crippen molar-refractivity contribution in [3.63, 3.8) is 0 Å². The number of aryl methyl sites for hydroxylation is 1. The number of nitrogens with zero attached hydrogens (tertiary/aromatic N) is 1. The van der Waals surface area contributed by atoms with Gasteiger partial charge in [0.05, 0.1) is 24.1 Å². The van der Waals surface area contributed by atoms with Gasteiger partial charge in [0.15, 0.2) is 6.54 Å². The molecule has 1 aliphatic rings. The predicted molar refractivity (Wildman–Crippen MR) is 108 cm³/mol. The Morgan fingerprint density at radius 2 is 1.96 bits per heavy atom. The van der Waals surface area contributed by atoms with Crippen LogP contribution in [0.3, 0.4) is 0 Å². The van der Waals surface area contributed by atoms with E-state index in [9.17, 15) is 4.79 Å². The van der Waals surface area contributed by atoms with E-state index < -0.39 is 0 Å². The number of aromatic nitrogens is 2. The van der Waals surface area contributed by atoms with Gasteiger partial charge in [0.25, 0.3) is 5.91 Å². The van der Waals surface area contributed by atoms with Gasteiger partial charge in [-0.2, -0.15) is 0 Å². The van der Waals surface area contributed by atoms with Gasteiger partial charge in [-0.15, -0.1) is 0 Å². The maximum Gasteiger partial charge on any atom is 0.279 e. The van der Waals surface area contributed by atoms with E-state index in [1.54, 1.807) is 0 Å². The topological polar surface area (TPSA) is 62.2 Å². The molecule has 0 atom stereocenters. The number of rotatable bonds is 4. The molecule has 0 saturated carbocycles. The summed E-state index contributed by atoms with van der Waals surface area (Å²) < 4.78 is 0. The van der Waals surface area contributed by atoms with Crippen LogP contribution in [0.5, 0.6) is 0 Å². The van der Waals surface area contributed by atoms with Crippen LogP contribution >= 0.6 is 11.6 Å². The summed E-state index contributed by atoms with van der Waals surface area (Å²) in [5.74, 6) is 1.53. The SMILES string of the molecule is Cc1ccc(NC(=O)C[NH+]2CCC(c3nc4ccc(Cl)cc4[nH]3)CC2)cc1. The lowest BCUT2D eigenvalue weighted by Crippen LogP contribution is -3.14. The predicted octanol–water partition coefficient (Wildman–Crippen LogP) is 2.93. The molecule has 140 valence electrons. The van der Waals surface area contributed by atoms with Crippen molar-refractivity contribution in [2.24, 2.45) is 0 Å². The normalized spacial score (nSPS) is 19.9. The molecule has 0 radical (unpaired) electrons. The molecule has 1 aliphatic heterocycles. The Labute approximate surface area is 163 Å². The van der Waals surface area contributed by atoms with E-state index in [1.807, 2.05) is 49.4 Å². The Morgan fingerprint density at radius 3 is 2.70 bits per heavy atom. The van der Waals surface area contributed by atoms with E-state index in [-0.39, 0.29) is 5.91 Å². The maximum absolute atomic E-state index is 12.3. The molecule has 27 heavy (non-hydrogen) atoms. The Morgan fingerprint density at radius 1 is 1.22 bits per heavy atom. The smallest absolute Gasteiger partial charge is 0.279 e. The van der Waals surface area contributed by atoms with Crippen LogP contribution in [0, 0.1) is 6.92 Å². The summed E-state index contributed by atoms with van der Waals surface area (Å²) in [5.41, 5.74) is 4.00. The van der Waals surface area contributed by atoms with E-state index in [0.717, 1.165) is 53.5 Å². The zero-order valence-corrected chi connectivity index (χ0v) is 16.1. The third kappa shape index (κ3) is 4.31. The van der Waals surface area contributed by atoms with Crippen molar-refractivity contribution in [1.82, 2.24) is 9.97 Å². The quantitative estimate of drug-likeness (QED) is 0.648. The molecule has 2 aromatic carbocycles. The third-order valence-corrected chi connectivity index (χ3v) is 5.52. The number of aromatic amines is 1. The first-order chi connectivity index (χ1) is 13.1. The summed E-state index contributed by atoms with van der Waals surface area (Å²) in [6.07, 6.45) is 2.06. The number of imidazole rings is 1. The zero-order valence-electron chi connectivity index (χ0n) is 15.4. The van der Waals surface area contributed by atoms with Gasteiger partial charge in [0, 0.05) is 29.5 Å². The summed E-state index contributed by atoms with van der Waals surface area (Å²) in [4.78, 5) is 21.8. The maximum atomic E-state index is 12.3. The Balaban J connectivity index is 1.31. The van der Waals surface area contributed by atoms with Gasteiger partial charge in [0.1, 0.15) is 5.82 Å². The summed E-state index contributed by atoms with van der Waals surface area (Å²) in [6.45, 7) is 4.50. The minimum absolute atomic E-state index is 0.0747. The lowest BCUT2D eigenvalue weighted by molar-refractivity contribution is -0.897. The third-order valence-electron chi connectivity index (χ3n) is 5.29. The molecule has 4 rings (SSSR count). The molecule has 3 aromatic rings. The van der Waals surface area contributed by atoms with Crippen molar-refractivity contribution in [2.75, 3.05) is 25.0 Å². The van der Waals surface area contributed by atoms with E-state index in [0.29, 0.717) is 12.5 Å². The lowest BCUT2D eigenvalue weighted by Gasteiger charge is -2.27. The van der Waals surface area contributed by atoms with E-state index in [2.05, 4.69) is 10.3 Å². The van der Waals surface area contributed by atoms with Crippen LogP contribution in [-0.2, 0) is 4.79 Å². The number of fused-ring (bicyclic) bond motifs is 1. The molecule has 1 aromatic heterocycles. The number of halogens is 1. The van der Waals surface area contributed by atoms with E-state index in [1.165, 1.54) is 10.5 Å². The van der Waals surface area contributed by atoms with Crippen molar-refractivity contribution >= 4 is 34.2 Å². The summed E-state index contributed by atoms with van der Waals surface area (Å²) in [6, 6.07) is 13.7. The molecule has 1 fully saturated rings. The van der Waals surface area contributed by atoms with Crippen molar-refractivity contribution in [3.05, 3.63) is 58.9 Å². The van der Waals surface area contributed by atoms with Crippen LogP contribution in [0.25, 0.3) is 11.0 Å². The minimum Gasteiger partial charge on any atom is -0.342 e. The van der Waals surface area contributed by atoms with E-state index >= 15 is 0 Å². The van der Waals surface area contributed by atoms with Crippen LogP contribution in [-0.4, -0.2) is 35.5 Å². The van der Waals surface area contributed by atoms with Crippen molar-refractivity contribution in [3.8, 4) is 0 Å². The second-order valence-electron chi connectivity index (χ2n) is 7.40. The number of hydrogen-bond donors (Lipinski definition) is 3. The van der Waals surface area contributed by atoms with Crippen molar-refractivity contribution < 1.29 is 9.69 Å². The second-order valence-corrected chi connectivity index (χ2v) is 7.84. The van der Waals surface area contributed by atoms with Gasteiger partial charge >= 0.3 is 0 Å². The highest BCUT2D eigenvalue weighted by molar-refractivity contribution is 6.31. The molecule has 1 amide bonds. The molecule has 5 nitrogen and oxygen atoms in total. The van der Waals surface area contributed by atoms with Gasteiger partial charge < -0.3 is 15.2 Å². The lowest BCUT2D eigenvalue weighted by atomic mass is 9.96. The highest BCUT2D eigenvalue weighted by Gasteiger charge is 2.27. The van der Waals surface area contributed by atoms with Gasteiger partial charge in [0.2, 0.25) is 0 Å². The Hall–Kier alpha value is -2.37. The number of amides is 1. The van der Waals surface area contributed by atoms with Crippen LogP contribution in [0.15, 0.2) is 42.5 Å². The van der Waals surface area contributed by atoms with Gasteiger partial charge in [-0.3, -0.25) is 4.79 Å².